The van der Waals surface area contributed by atoms with Crippen LogP contribution in [0.4, 0.5) is 11.6 Å². The van der Waals surface area contributed by atoms with Crippen molar-refractivity contribution in [3.8, 4) is 0 Å². The highest BCUT2D eigenvalue weighted by molar-refractivity contribution is 6.08. The zero-order chi connectivity index (χ0) is 16.7. The fourth-order valence-electron chi connectivity index (χ4n) is 3.01. The van der Waals surface area contributed by atoms with Crippen molar-refractivity contribution < 1.29 is 4.79 Å². The second-order valence-electron chi connectivity index (χ2n) is 6.11. The summed E-state index contributed by atoms with van der Waals surface area (Å²) < 4.78 is 0. The van der Waals surface area contributed by atoms with E-state index in [4.69, 9.17) is 9.97 Å². The van der Waals surface area contributed by atoms with Gasteiger partial charge in [0.15, 0.2) is 11.6 Å². The first-order valence-electron chi connectivity index (χ1n) is 8.00. The number of nitrogens with zero attached hydrogens (tertiary/aromatic N) is 4. The van der Waals surface area contributed by atoms with E-state index in [9.17, 15) is 4.79 Å². The van der Waals surface area contributed by atoms with Crippen molar-refractivity contribution >= 4 is 28.6 Å². The highest BCUT2D eigenvalue weighted by atomic mass is 16.2. The van der Waals surface area contributed by atoms with E-state index >= 15 is 0 Å². The molecule has 2 aromatic carbocycles. The zero-order valence-corrected chi connectivity index (χ0v) is 13.7. The molecule has 0 saturated heterocycles. The summed E-state index contributed by atoms with van der Waals surface area (Å²) in [6, 6.07) is 15.4. The number of anilines is 2. The quantitative estimate of drug-likeness (QED) is 0.692. The number of hydrogen-bond acceptors (Lipinski definition) is 4. The highest BCUT2D eigenvalue weighted by Gasteiger charge is 2.29. The lowest BCUT2D eigenvalue weighted by Gasteiger charge is -2.33. The number of rotatable bonds is 1. The first-order chi connectivity index (χ1) is 11.6. The number of benzene rings is 2. The van der Waals surface area contributed by atoms with Crippen LogP contribution in [-0.4, -0.2) is 36.0 Å². The van der Waals surface area contributed by atoms with Crippen molar-refractivity contribution in [2.45, 2.75) is 6.92 Å². The van der Waals surface area contributed by atoms with Crippen LogP contribution in [0.5, 0.6) is 0 Å². The fourth-order valence-corrected chi connectivity index (χ4v) is 3.01. The van der Waals surface area contributed by atoms with Crippen LogP contribution < -0.4 is 9.80 Å². The van der Waals surface area contributed by atoms with Crippen LogP contribution >= 0.6 is 0 Å². The Morgan fingerprint density at radius 1 is 0.958 bits per heavy atom. The van der Waals surface area contributed by atoms with Gasteiger partial charge in [0, 0.05) is 25.7 Å². The normalized spacial score (nSPS) is 13.9. The van der Waals surface area contributed by atoms with Crippen molar-refractivity contribution in [3.63, 3.8) is 0 Å². The molecule has 1 amide bonds. The number of fused-ring (bicyclic) bond motifs is 2. The van der Waals surface area contributed by atoms with Crippen LogP contribution in [0.3, 0.4) is 0 Å². The summed E-state index contributed by atoms with van der Waals surface area (Å²) in [7, 11) is 1.98. The van der Waals surface area contributed by atoms with Gasteiger partial charge in [0.2, 0.25) is 0 Å². The van der Waals surface area contributed by atoms with E-state index in [2.05, 4.69) is 4.90 Å². The summed E-state index contributed by atoms with van der Waals surface area (Å²) in [6.45, 7) is 3.32. The Kier molecular flexibility index (Phi) is 3.41. The maximum atomic E-state index is 13.0. The van der Waals surface area contributed by atoms with Crippen LogP contribution in [0.25, 0.3) is 11.0 Å². The van der Waals surface area contributed by atoms with E-state index in [0.29, 0.717) is 17.9 Å². The largest absolute Gasteiger partial charge is 0.355 e. The van der Waals surface area contributed by atoms with Crippen LogP contribution in [-0.2, 0) is 0 Å². The monoisotopic (exact) mass is 318 g/mol. The summed E-state index contributed by atoms with van der Waals surface area (Å²) in [6.07, 6.45) is 0. The third kappa shape index (κ3) is 2.38. The van der Waals surface area contributed by atoms with Crippen molar-refractivity contribution in [1.82, 2.24) is 9.97 Å². The van der Waals surface area contributed by atoms with E-state index in [-0.39, 0.29) is 5.91 Å². The lowest BCUT2D eigenvalue weighted by atomic mass is 10.1. The van der Waals surface area contributed by atoms with Gasteiger partial charge in [-0.1, -0.05) is 29.8 Å². The molecule has 2 heterocycles. The van der Waals surface area contributed by atoms with Gasteiger partial charge >= 0.3 is 0 Å². The second kappa shape index (κ2) is 5.60. The van der Waals surface area contributed by atoms with Crippen molar-refractivity contribution in [1.29, 1.82) is 0 Å². The molecule has 0 atom stereocenters. The second-order valence-corrected chi connectivity index (χ2v) is 6.11. The van der Waals surface area contributed by atoms with E-state index in [1.807, 2.05) is 62.5 Å². The zero-order valence-electron chi connectivity index (χ0n) is 13.7. The van der Waals surface area contributed by atoms with Crippen LogP contribution in [0.15, 0.2) is 48.5 Å². The van der Waals surface area contributed by atoms with Gasteiger partial charge in [-0.15, -0.1) is 0 Å². The molecule has 4 rings (SSSR count). The van der Waals surface area contributed by atoms with Crippen LogP contribution in [0.2, 0.25) is 0 Å². The average molecular weight is 318 g/mol. The Morgan fingerprint density at radius 2 is 1.67 bits per heavy atom. The molecule has 0 saturated carbocycles. The molecular formula is C19H18N4O. The lowest BCUT2D eigenvalue weighted by molar-refractivity contribution is 0.0986. The standard InChI is InChI=1S/C19H18N4O/c1-13-6-5-7-14(12-13)19(24)23-11-10-22(2)17-18(23)21-16-9-4-3-8-15(16)20-17/h3-9,12H,10-11H2,1-2H3. The lowest BCUT2D eigenvalue weighted by Crippen LogP contribution is -2.43. The number of carbonyl (C=O) groups is 1. The molecule has 5 nitrogen and oxygen atoms in total. The minimum Gasteiger partial charge on any atom is -0.355 e. The van der Waals surface area contributed by atoms with Gasteiger partial charge < -0.3 is 4.90 Å². The molecule has 120 valence electrons. The first kappa shape index (κ1) is 14.6. The maximum absolute atomic E-state index is 13.0. The molecule has 0 fully saturated rings. The number of likely N-dealkylation sites (N-methyl/N-ethyl adjacent to an activating group) is 1. The fraction of sp³-hybridized carbons (Fsp3) is 0.211. The Bertz CT molecular complexity index is 938. The number of amides is 1. The molecule has 0 bridgehead atoms. The number of carbonyl (C=O) groups excluding carboxylic acids is 1. The molecule has 0 unspecified atom stereocenters. The molecule has 0 aliphatic carbocycles. The third-order valence-electron chi connectivity index (χ3n) is 4.32. The maximum Gasteiger partial charge on any atom is 0.259 e. The molecule has 5 heteroatoms. The summed E-state index contributed by atoms with van der Waals surface area (Å²) in [5.74, 6) is 1.35. The molecule has 3 aromatic rings. The summed E-state index contributed by atoms with van der Waals surface area (Å²) >= 11 is 0. The van der Waals surface area contributed by atoms with Gasteiger partial charge in [-0.05, 0) is 31.2 Å². The summed E-state index contributed by atoms with van der Waals surface area (Å²) in [4.78, 5) is 26.2. The van der Waals surface area contributed by atoms with Crippen molar-refractivity contribution in [2.24, 2.45) is 0 Å². The van der Waals surface area contributed by atoms with Crippen LogP contribution in [0, 0.1) is 6.92 Å². The number of hydrogen-bond donors (Lipinski definition) is 0. The molecule has 24 heavy (non-hydrogen) atoms. The predicted molar refractivity (Wildman–Crippen MR) is 95.7 cm³/mol. The smallest absolute Gasteiger partial charge is 0.259 e. The number of aryl methyl sites for hydroxylation is 1. The number of para-hydroxylation sites is 2. The SMILES string of the molecule is Cc1cccc(C(=O)N2CCN(C)c3nc4ccccc4nc32)c1. The molecule has 0 N–H and O–H groups in total. The van der Waals surface area contributed by atoms with E-state index in [0.717, 1.165) is 29.0 Å². The molecule has 1 aliphatic heterocycles. The topological polar surface area (TPSA) is 49.3 Å². The van der Waals surface area contributed by atoms with Gasteiger partial charge in [-0.2, -0.15) is 0 Å². The Hall–Kier alpha value is -2.95. The van der Waals surface area contributed by atoms with Gasteiger partial charge in [0.25, 0.3) is 5.91 Å². The predicted octanol–water partition coefficient (Wildman–Crippen LogP) is 3.03. The Labute approximate surface area is 140 Å². The van der Waals surface area contributed by atoms with E-state index < -0.39 is 0 Å². The van der Waals surface area contributed by atoms with Gasteiger partial charge in [-0.25, -0.2) is 9.97 Å². The third-order valence-corrected chi connectivity index (χ3v) is 4.32. The summed E-state index contributed by atoms with van der Waals surface area (Å²) in [5.41, 5.74) is 3.39. The molecule has 0 spiro atoms. The van der Waals surface area contributed by atoms with E-state index in [1.165, 1.54) is 0 Å². The van der Waals surface area contributed by atoms with Gasteiger partial charge in [0.05, 0.1) is 11.0 Å². The Morgan fingerprint density at radius 3 is 2.38 bits per heavy atom. The van der Waals surface area contributed by atoms with Crippen molar-refractivity contribution in [3.05, 3.63) is 59.7 Å². The minimum absolute atomic E-state index is 0.0300. The summed E-state index contributed by atoms with van der Waals surface area (Å²) in [5, 5.41) is 0. The Balaban J connectivity index is 1.83. The van der Waals surface area contributed by atoms with Gasteiger partial charge in [-0.3, -0.25) is 9.69 Å². The molecule has 0 radical (unpaired) electrons. The van der Waals surface area contributed by atoms with Crippen molar-refractivity contribution in [2.75, 3.05) is 29.9 Å². The minimum atomic E-state index is -0.0300. The highest BCUT2D eigenvalue weighted by Crippen LogP contribution is 2.31. The van der Waals surface area contributed by atoms with Crippen LogP contribution in [0.1, 0.15) is 15.9 Å². The molecule has 1 aliphatic rings. The van der Waals surface area contributed by atoms with E-state index in [1.54, 1.807) is 4.90 Å². The molecular weight excluding hydrogens is 300 g/mol. The first-order valence-corrected chi connectivity index (χ1v) is 8.00. The number of aromatic nitrogens is 2. The molecule has 1 aromatic heterocycles. The average Bonchev–Trinajstić information content (AvgIpc) is 2.60. The van der Waals surface area contributed by atoms with Gasteiger partial charge in [0.1, 0.15) is 0 Å².